The molecular weight excluding hydrogens is 382 g/mol. The normalized spacial score (nSPS) is 11.2. The van der Waals surface area contributed by atoms with Crippen molar-refractivity contribution in [2.45, 2.75) is 6.61 Å². The van der Waals surface area contributed by atoms with Crippen LogP contribution in [0.3, 0.4) is 0 Å². The van der Waals surface area contributed by atoms with Gasteiger partial charge in [-0.1, -0.05) is 41.0 Å². The zero-order chi connectivity index (χ0) is 19.9. The van der Waals surface area contributed by atoms with Gasteiger partial charge in [-0.25, -0.2) is 9.48 Å². The molecule has 7 nitrogen and oxygen atoms in total. The molecule has 0 bridgehead atoms. The van der Waals surface area contributed by atoms with E-state index in [9.17, 15) is 4.79 Å². The molecule has 0 aliphatic carbocycles. The first-order chi connectivity index (χ1) is 13.6. The van der Waals surface area contributed by atoms with Crippen molar-refractivity contribution in [1.82, 2.24) is 9.78 Å². The lowest BCUT2D eigenvalue weighted by Gasteiger charge is -2.10. The maximum atomic E-state index is 12.0. The van der Waals surface area contributed by atoms with Gasteiger partial charge in [0, 0.05) is 22.8 Å². The van der Waals surface area contributed by atoms with E-state index in [1.165, 1.54) is 14.2 Å². The lowest BCUT2D eigenvalue weighted by molar-refractivity contribution is -0.132. The summed E-state index contributed by atoms with van der Waals surface area (Å²) in [5.74, 6) is -0.158. The van der Waals surface area contributed by atoms with E-state index in [4.69, 9.17) is 25.9 Å². The molecule has 0 unspecified atom stereocenters. The van der Waals surface area contributed by atoms with E-state index in [0.717, 1.165) is 11.3 Å². The number of oxime groups is 1. The van der Waals surface area contributed by atoms with Crippen LogP contribution in [-0.2, 0) is 21.0 Å². The van der Waals surface area contributed by atoms with Gasteiger partial charge in [0.2, 0.25) is 5.88 Å². The second-order valence-corrected chi connectivity index (χ2v) is 6.07. The zero-order valence-electron chi connectivity index (χ0n) is 15.3. The maximum Gasteiger partial charge on any atom is 0.360 e. The standard InChI is InChI=1S/C20H18ClN3O4/c1-26-20(25)19(23-27-2)17-6-4-3-5-14(17)13-28-18-11-12-24(22-18)16-9-7-15(21)8-10-16/h3-12H,13H2,1-2H3. The van der Waals surface area contributed by atoms with Crippen molar-refractivity contribution >= 4 is 23.3 Å². The van der Waals surface area contributed by atoms with Crippen LogP contribution in [0.2, 0.25) is 5.02 Å². The van der Waals surface area contributed by atoms with Gasteiger partial charge in [-0.3, -0.25) is 0 Å². The van der Waals surface area contributed by atoms with Gasteiger partial charge in [0.25, 0.3) is 0 Å². The van der Waals surface area contributed by atoms with Gasteiger partial charge < -0.3 is 14.3 Å². The Morgan fingerprint density at radius 2 is 1.86 bits per heavy atom. The minimum absolute atomic E-state index is 0.0656. The molecule has 0 N–H and O–H groups in total. The topological polar surface area (TPSA) is 74.9 Å². The third kappa shape index (κ3) is 4.50. The molecule has 3 rings (SSSR count). The first-order valence-electron chi connectivity index (χ1n) is 8.34. The van der Waals surface area contributed by atoms with Gasteiger partial charge in [0.1, 0.15) is 13.7 Å². The summed E-state index contributed by atoms with van der Waals surface area (Å²) >= 11 is 5.91. The molecule has 0 spiro atoms. The van der Waals surface area contributed by atoms with Gasteiger partial charge in [-0.05, 0) is 29.8 Å². The molecular formula is C20H18ClN3O4. The average molecular weight is 400 g/mol. The summed E-state index contributed by atoms with van der Waals surface area (Å²) in [7, 11) is 2.65. The summed E-state index contributed by atoms with van der Waals surface area (Å²) in [6.07, 6.45) is 1.79. The molecule has 2 aromatic carbocycles. The number of benzene rings is 2. The molecule has 0 radical (unpaired) electrons. The molecule has 0 aliphatic rings. The summed E-state index contributed by atoms with van der Waals surface area (Å²) < 4.78 is 12.3. The van der Waals surface area contributed by atoms with Crippen LogP contribution >= 0.6 is 11.6 Å². The highest BCUT2D eigenvalue weighted by Crippen LogP contribution is 2.18. The number of hydrogen-bond donors (Lipinski definition) is 0. The van der Waals surface area contributed by atoms with E-state index in [1.807, 2.05) is 24.3 Å². The van der Waals surface area contributed by atoms with Gasteiger partial charge in [-0.15, -0.1) is 5.10 Å². The fraction of sp³-hybridized carbons (Fsp3) is 0.150. The number of esters is 1. The molecule has 0 saturated carbocycles. The highest BCUT2D eigenvalue weighted by Gasteiger charge is 2.19. The van der Waals surface area contributed by atoms with E-state index in [-0.39, 0.29) is 12.3 Å². The van der Waals surface area contributed by atoms with Crippen LogP contribution < -0.4 is 4.74 Å². The van der Waals surface area contributed by atoms with E-state index in [2.05, 4.69) is 10.3 Å². The fourth-order valence-electron chi connectivity index (χ4n) is 2.54. The first-order valence-corrected chi connectivity index (χ1v) is 8.72. The third-order valence-electron chi connectivity index (χ3n) is 3.87. The number of methoxy groups -OCH3 is 1. The molecule has 0 atom stereocenters. The molecule has 0 saturated heterocycles. The molecule has 8 heteroatoms. The van der Waals surface area contributed by atoms with Crippen molar-refractivity contribution in [3.05, 3.63) is 76.9 Å². The monoisotopic (exact) mass is 399 g/mol. The van der Waals surface area contributed by atoms with Crippen LogP contribution in [0.1, 0.15) is 11.1 Å². The number of aromatic nitrogens is 2. The van der Waals surface area contributed by atoms with E-state index in [0.29, 0.717) is 16.5 Å². The largest absolute Gasteiger partial charge is 0.472 e. The number of ether oxygens (including phenoxy) is 2. The Morgan fingerprint density at radius 3 is 2.57 bits per heavy atom. The smallest absolute Gasteiger partial charge is 0.360 e. The van der Waals surface area contributed by atoms with Crippen LogP contribution in [0.15, 0.2) is 65.9 Å². The number of halogens is 1. The van der Waals surface area contributed by atoms with Crippen molar-refractivity contribution in [3.63, 3.8) is 0 Å². The highest BCUT2D eigenvalue weighted by molar-refractivity contribution is 6.43. The maximum absolute atomic E-state index is 12.0. The Bertz CT molecular complexity index is 983. The molecule has 144 valence electrons. The molecule has 3 aromatic rings. The van der Waals surface area contributed by atoms with E-state index < -0.39 is 5.97 Å². The Kier molecular flexibility index (Phi) is 6.29. The number of carbonyl (C=O) groups excluding carboxylic acids is 1. The van der Waals surface area contributed by atoms with Crippen molar-refractivity contribution in [2.75, 3.05) is 14.2 Å². The number of hydrogen-bond acceptors (Lipinski definition) is 6. The van der Waals surface area contributed by atoms with E-state index in [1.54, 1.807) is 41.2 Å². The predicted molar refractivity (Wildman–Crippen MR) is 105 cm³/mol. The van der Waals surface area contributed by atoms with E-state index >= 15 is 0 Å². The minimum Gasteiger partial charge on any atom is -0.472 e. The molecule has 1 aromatic heterocycles. The van der Waals surface area contributed by atoms with Gasteiger partial charge in [0.15, 0.2) is 5.71 Å². The summed E-state index contributed by atoms with van der Waals surface area (Å²) in [4.78, 5) is 16.8. The van der Waals surface area contributed by atoms with Crippen LogP contribution in [0, 0.1) is 0 Å². The number of nitrogens with zero attached hydrogens (tertiary/aromatic N) is 3. The quantitative estimate of drug-likeness (QED) is 0.344. The number of rotatable bonds is 7. The van der Waals surface area contributed by atoms with Crippen LogP contribution in [0.25, 0.3) is 5.69 Å². The number of carbonyl (C=O) groups is 1. The molecule has 0 fully saturated rings. The lowest BCUT2D eigenvalue weighted by Crippen LogP contribution is -2.19. The second-order valence-electron chi connectivity index (χ2n) is 5.63. The van der Waals surface area contributed by atoms with Gasteiger partial charge >= 0.3 is 5.97 Å². The Hall–Kier alpha value is -3.32. The fourth-order valence-corrected chi connectivity index (χ4v) is 2.66. The Morgan fingerprint density at radius 1 is 1.11 bits per heavy atom. The highest BCUT2D eigenvalue weighted by atomic mass is 35.5. The van der Waals surface area contributed by atoms with Crippen LogP contribution in [0.5, 0.6) is 5.88 Å². The summed E-state index contributed by atoms with van der Waals surface area (Å²) in [6.45, 7) is 0.188. The van der Waals surface area contributed by atoms with Crippen molar-refractivity contribution < 1.29 is 19.1 Å². The second kappa shape index (κ2) is 9.05. The Balaban J connectivity index is 1.78. The average Bonchev–Trinajstić information content (AvgIpc) is 3.20. The molecule has 28 heavy (non-hydrogen) atoms. The van der Waals surface area contributed by atoms with Crippen molar-refractivity contribution in [3.8, 4) is 11.6 Å². The summed E-state index contributed by atoms with van der Waals surface area (Å²) in [5, 5.41) is 8.84. The molecule has 0 aliphatic heterocycles. The lowest BCUT2D eigenvalue weighted by atomic mass is 10.0. The zero-order valence-corrected chi connectivity index (χ0v) is 16.1. The molecule has 1 heterocycles. The van der Waals surface area contributed by atoms with Gasteiger partial charge in [-0.2, -0.15) is 0 Å². The minimum atomic E-state index is -0.596. The van der Waals surface area contributed by atoms with Gasteiger partial charge in [0.05, 0.1) is 12.8 Å². The summed E-state index contributed by atoms with van der Waals surface area (Å²) in [6, 6.07) is 16.3. The first kappa shape index (κ1) is 19.4. The predicted octanol–water partition coefficient (Wildman–Crippen LogP) is 3.63. The van der Waals surface area contributed by atoms with Crippen LogP contribution in [0.4, 0.5) is 0 Å². The summed E-state index contributed by atoms with van der Waals surface area (Å²) in [5.41, 5.74) is 2.23. The van der Waals surface area contributed by atoms with Crippen molar-refractivity contribution in [1.29, 1.82) is 0 Å². The van der Waals surface area contributed by atoms with Crippen molar-refractivity contribution in [2.24, 2.45) is 5.16 Å². The van der Waals surface area contributed by atoms with Crippen LogP contribution in [-0.4, -0.2) is 35.7 Å². The third-order valence-corrected chi connectivity index (χ3v) is 4.12. The SMILES string of the molecule is CON=C(C(=O)OC)c1ccccc1COc1ccn(-c2ccc(Cl)cc2)n1. The Labute approximate surface area is 167 Å². The molecule has 0 amide bonds.